The topological polar surface area (TPSA) is 0 Å². The van der Waals surface area contributed by atoms with Gasteiger partial charge in [0.2, 0.25) is 0 Å². The van der Waals surface area contributed by atoms with Crippen LogP contribution in [0.4, 0.5) is 0 Å². The minimum atomic E-state index is 0.509. The average Bonchev–Trinajstić information content (AvgIpc) is 2.64. The zero-order chi connectivity index (χ0) is 20.3. The quantitative estimate of drug-likeness (QED) is 0.236. The predicted octanol–water partition coefficient (Wildman–Crippen LogP) is 8.62. The van der Waals surface area contributed by atoms with Crippen LogP contribution in [0.5, 0.6) is 0 Å². The van der Waals surface area contributed by atoms with Gasteiger partial charge < -0.3 is 0 Å². The second-order valence-corrected chi connectivity index (χ2v) is 8.84. The van der Waals surface area contributed by atoms with Gasteiger partial charge in [0.05, 0.1) is 31.2 Å². The Morgan fingerprint density at radius 2 is 0.857 bits per heavy atom. The van der Waals surface area contributed by atoms with Crippen molar-refractivity contribution < 1.29 is 0 Å². The van der Waals surface area contributed by atoms with Crippen LogP contribution in [0.1, 0.15) is 22.3 Å². The molecule has 0 aliphatic heterocycles. The Labute approximate surface area is 200 Å². The zero-order valence-corrected chi connectivity index (χ0v) is 20.1. The highest BCUT2D eigenvalue weighted by Gasteiger charge is 2.06. The van der Waals surface area contributed by atoms with Crippen LogP contribution in [0, 0.1) is 23.7 Å². The first-order chi connectivity index (χ1) is 13.4. The van der Waals surface area contributed by atoms with Crippen molar-refractivity contribution in [2.45, 2.75) is 0 Å². The van der Waals surface area contributed by atoms with E-state index in [9.17, 15) is 0 Å². The van der Waals surface area contributed by atoms with E-state index in [4.69, 9.17) is 46.4 Å². The molecule has 0 heterocycles. The SMILES string of the molecule is Clc1cccc(Cl)c1C#Cc1cc(Br)c(C#Cc2c(Cl)cccc2Cl)cc1Br. The van der Waals surface area contributed by atoms with Gasteiger partial charge in [0.1, 0.15) is 0 Å². The van der Waals surface area contributed by atoms with E-state index in [0.717, 1.165) is 20.1 Å². The van der Waals surface area contributed by atoms with Crippen LogP contribution in [0.3, 0.4) is 0 Å². The third-order valence-corrected chi connectivity index (χ3v) is 6.20. The number of hydrogen-bond acceptors (Lipinski definition) is 0. The third-order valence-electron chi connectivity index (χ3n) is 3.63. The van der Waals surface area contributed by atoms with Crippen molar-refractivity contribution in [2.24, 2.45) is 0 Å². The maximum Gasteiger partial charge on any atom is 0.0621 e. The van der Waals surface area contributed by atoms with Crippen molar-refractivity contribution in [3.63, 3.8) is 0 Å². The third kappa shape index (κ3) is 5.08. The Hall–Kier alpha value is -1.10. The highest BCUT2D eigenvalue weighted by molar-refractivity contribution is 9.11. The summed E-state index contributed by atoms with van der Waals surface area (Å²) in [7, 11) is 0. The molecule has 0 N–H and O–H groups in total. The van der Waals surface area contributed by atoms with Gasteiger partial charge in [-0.3, -0.25) is 0 Å². The molecule has 0 fully saturated rings. The molecule has 28 heavy (non-hydrogen) atoms. The summed E-state index contributed by atoms with van der Waals surface area (Å²) in [6.45, 7) is 0. The summed E-state index contributed by atoms with van der Waals surface area (Å²) in [4.78, 5) is 0. The molecule has 3 aromatic carbocycles. The van der Waals surface area contributed by atoms with Gasteiger partial charge in [0.25, 0.3) is 0 Å². The number of rotatable bonds is 0. The highest BCUT2D eigenvalue weighted by Crippen LogP contribution is 2.28. The lowest BCUT2D eigenvalue weighted by atomic mass is 10.1. The molecule has 138 valence electrons. The first-order valence-electron chi connectivity index (χ1n) is 7.78. The van der Waals surface area contributed by atoms with Crippen LogP contribution >= 0.6 is 78.3 Å². The van der Waals surface area contributed by atoms with Gasteiger partial charge in [-0.15, -0.1) is 0 Å². The molecule has 0 radical (unpaired) electrons. The second-order valence-electron chi connectivity index (χ2n) is 5.51. The fourth-order valence-corrected chi connectivity index (χ4v) is 4.10. The number of benzene rings is 3. The average molecular weight is 574 g/mol. The zero-order valence-electron chi connectivity index (χ0n) is 13.9. The lowest BCUT2D eigenvalue weighted by Gasteiger charge is -2.03. The van der Waals surface area contributed by atoms with Gasteiger partial charge in [-0.2, -0.15) is 0 Å². The van der Waals surface area contributed by atoms with Gasteiger partial charge in [0.15, 0.2) is 0 Å². The standard InChI is InChI=1S/C22H8Br2Cl4/c23-17-12-14(8-10-16-21(27)5-2-6-22(16)28)18(24)11-13(17)7-9-15-19(25)3-1-4-20(15)26/h1-6,11-12H. The van der Waals surface area contributed by atoms with E-state index >= 15 is 0 Å². The summed E-state index contributed by atoms with van der Waals surface area (Å²) in [6, 6.07) is 14.3. The van der Waals surface area contributed by atoms with Crippen molar-refractivity contribution in [3.8, 4) is 23.7 Å². The molecule has 0 spiro atoms. The summed E-state index contributed by atoms with van der Waals surface area (Å²) < 4.78 is 1.59. The van der Waals surface area contributed by atoms with Crippen LogP contribution in [0.2, 0.25) is 20.1 Å². The van der Waals surface area contributed by atoms with E-state index in [0.29, 0.717) is 31.2 Å². The fourth-order valence-electron chi connectivity index (χ4n) is 2.23. The lowest BCUT2D eigenvalue weighted by molar-refractivity contribution is 1.50. The Morgan fingerprint density at radius 1 is 0.536 bits per heavy atom. The smallest absolute Gasteiger partial charge is 0.0621 e. The number of halogens is 6. The monoisotopic (exact) mass is 570 g/mol. The van der Waals surface area contributed by atoms with Crippen molar-refractivity contribution in [1.82, 2.24) is 0 Å². The lowest BCUT2D eigenvalue weighted by Crippen LogP contribution is -1.86. The summed E-state index contributed by atoms with van der Waals surface area (Å²) in [5.74, 6) is 12.2. The van der Waals surface area contributed by atoms with Crippen molar-refractivity contribution in [2.75, 3.05) is 0 Å². The minimum absolute atomic E-state index is 0.509. The predicted molar refractivity (Wildman–Crippen MR) is 127 cm³/mol. The Morgan fingerprint density at radius 3 is 1.18 bits per heavy atom. The van der Waals surface area contributed by atoms with E-state index in [2.05, 4.69) is 55.5 Å². The molecule has 0 nitrogen and oxygen atoms in total. The van der Waals surface area contributed by atoms with Crippen LogP contribution in [-0.2, 0) is 0 Å². The van der Waals surface area contributed by atoms with E-state index in [-0.39, 0.29) is 0 Å². The molecule has 0 saturated heterocycles. The molecule has 0 saturated carbocycles. The van der Waals surface area contributed by atoms with Gasteiger partial charge >= 0.3 is 0 Å². The molecule has 0 aliphatic rings. The molecule has 0 unspecified atom stereocenters. The van der Waals surface area contributed by atoms with Crippen LogP contribution < -0.4 is 0 Å². The Balaban J connectivity index is 1.98. The van der Waals surface area contributed by atoms with Crippen LogP contribution in [0.15, 0.2) is 57.5 Å². The summed E-state index contributed by atoms with van der Waals surface area (Å²) in [5.41, 5.74) is 2.71. The summed E-state index contributed by atoms with van der Waals surface area (Å²) in [5, 5.41) is 2.03. The van der Waals surface area contributed by atoms with Gasteiger partial charge in [-0.05, 0) is 68.3 Å². The second kappa shape index (κ2) is 9.60. The van der Waals surface area contributed by atoms with Crippen LogP contribution in [-0.4, -0.2) is 0 Å². The largest absolute Gasteiger partial charge is 0.0829 e. The highest BCUT2D eigenvalue weighted by atomic mass is 79.9. The Kier molecular flexibility index (Phi) is 7.41. The van der Waals surface area contributed by atoms with Gasteiger partial charge in [-0.25, -0.2) is 0 Å². The van der Waals surface area contributed by atoms with E-state index in [1.54, 1.807) is 36.4 Å². The first kappa shape index (κ1) is 21.6. The molecule has 0 bridgehead atoms. The molecular formula is C22H8Br2Cl4. The molecule has 0 atom stereocenters. The maximum absolute atomic E-state index is 6.17. The van der Waals surface area contributed by atoms with E-state index in [1.807, 2.05) is 12.1 Å². The van der Waals surface area contributed by atoms with Gasteiger partial charge in [0, 0.05) is 20.1 Å². The molecule has 0 amide bonds. The molecule has 6 heteroatoms. The fraction of sp³-hybridized carbons (Fsp3) is 0. The van der Waals surface area contributed by atoms with Crippen molar-refractivity contribution in [3.05, 3.63) is 99.8 Å². The van der Waals surface area contributed by atoms with Gasteiger partial charge in [-0.1, -0.05) is 82.2 Å². The molecule has 0 aliphatic carbocycles. The molecular weight excluding hydrogens is 566 g/mol. The molecule has 3 rings (SSSR count). The number of hydrogen-bond donors (Lipinski definition) is 0. The minimum Gasteiger partial charge on any atom is -0.0829 e. The summed E-state index contributed by atoms with van der Waals surface area (Å²) in [6.07, 6.45) is 0. The van der Waals surface area contributed by atoms with E-state index in [1.165, 1.54) is 0 Å². The molecule has 3 aromatic rings. The first-order valence-corrected chi connectivity index (χ1v) is 10.9. The van der Waals surface area contributed by atoms with Crippen molar-refractivity contribution >= 4 is 78.3 Å². The summed E-state index contributed by atoms with van der Waals surface area (Å²) >= 11 is 31.8. The van der Waals surface area contributed by atoms with Crippen molar-refractivity contribution in [1.29, 1.82) is 0 Å². The Bertz CT molecular complexity index is 1060. The molecule has 0 aromatic heterocycles. The normalized spacial score (nSPS) is 9.93. The van der Waals surface area contributed by atoms with Crippen LogP contribution in [0.25, 0.3) is 0 Å². The van der Waals surface area contributed by atoms with E-state index < -0.39 is 0 Å². The maximum atomic E-state index is 6.17.